The molecule has 1 aromatic heterocycles. The molecule has 2 aromatic carbocycles. The van der Waals surface area contributed by atoms with E-state index in [2.05, 4.69) is 5.32 Å². The number of nitrogens with zero attached hydrogens (tertiary/aromatic N) is 3. The molecule has 2 heterocycles. The summed E-state index contributed by atoms with van der Waals surface area (Å²) < 4.78 is 14.8. The van der Waals surface area contributed by atoms with Crippen LogP contribution in [0.3, 0.4) is 0 Å². The standard InChI is InChI=1S/C26H27FN4O3/c1-18-14-19(2)16-22(15-18)28-24(32)17-31-9-3-4-23(31)26(34)30-12-10-29(11-13-30)25(33)20-5-7-21(27)8-6-20/h3-9,14-16H,10-13,17H2,1-2H3,(H,28,32). The van der Waals surface area contributed by atoms with E-state index in [9.17, 15) is 18.8 Å². The highest BCUT2D eigenvalue weighted by Crippen LogP contribution is 2.16. The highest BCUT2D eigenvalue weighted by Gasteiger charge is 2.27. The van der Waals surface area contributed by atoms with E-state index < -0.39 is 5.82 Å². The van der Waals surface area contributed by atoms with Crippen molar-refractivity contribution in [2.75, 3.05) is 31.5 Å². The fourth-order valence-electron chi connectivity index (χ4n) is 4.20. The molecular formula is C26H27FN4O3. The molecular weight excluding hydrogens is 435 g/mol. The van der Waals surface area contributed by atoms with Crippen LogP contribution in [0.25, 0.3) is 0 Å². The predicted molar refractivity (Wildman–Crippen MR) is 127 cm³/mol. The van der Waals surface area contributed by atoms with Crippen molar-refractivity contribution in [2.24, 2.45) is 0 Å². The molecule has 0 atom stereocenters. The van der Waals surface area contributed by atoms with Crippen LogP contribution in [0.4, 0.5) is 10.1 Å². The molecule has 0 aliphatic carbocycles. The van der Waals surface area contributed by atoms with Crippen LogP contribution in [0.1, 0.15) is 32.0 Å². The summed E-state index contributed by atoms with van der Waals surface area (Å²) in [7, 11) is 0. The maximum Gasteiger partial charge on any atom is 0.270 e. The fraction of sp³-hybridized carbons (Fsp3) is 0.269. The van der Waals surface area contributed by atoms with Crippen LogP contribution in [0.2, 0.25) is 0 Å². The molecule has 0 saturated carbocycles. The number of nitrogens with one attached hydrogen (secondary N) is 1. The maximum absolute atomic E-state index is 13.1. The zero-order chi connectivity index (χ0) is 24.2. The summed E-state index contributed by atoms with van der Waals surface area (Å²) in [6, 6.07) is 14.7. The van der Waals surface area contributed by atoms with E-state index in [0.717, 1.165) is 16.8 Å². The molecule has 0 bridgehead atoms. The number of hydrogen-bond acceptors (Lipinski definition) is 3. The Balaban J connectivity index is 1.35. The summed E-state index contributed by atoms with van der Waals surface area (Å²) in [5.41, 5.74) is 3.69. The molecule has 7 nitrogen and oxygen atoms in total. The van der Waals surface area contributed by atoms with Gasteiger partial charge in [0.15, 0.2) is 0 Å². The zero-order valence-corrected chi connectivity index (χ0v) is 19.3. The maximum atomic E-state index is 13.1. The molecule has 3 amide bonds. The Kier molecular flexibility index (Phi) is 6.77. The topological polar surface area (TPSA) is 74.7 Å². The number of hydrogen-bond donors (Lipinski definition) is 1. The van der Waals surface area contributed by atoms with Crippen molar-refractivity contribution in [3.8, 4) is 0 Å². The lowest BCUT2D eigenvalue weighted by atomic mass is 10.1. The molecule has 1 saturated heterocycles. The van der Waals surface area contributed by atoms with Crippen molar-refractivity contribution < 1.29 is 18.8 Å². The van der Waals surface area contributed by atoms with Gasteiger partial charge in [-0.25, -0.2) is 4.39 Å². The van der Waals surface area contributed by atoms with Crippen LogP contribution < -0.4 is 5.32 Å². The van der Waals surface area contributed by atoms with Crippen molar-refractivity contribution in [3.63, 3.8) is 0 Å². The van der Waals surface area contributed by atoms with Crippen LogP contribution in [-0.2, 0) is 11.3 Å². The first-order valence-corrected chi connectivity index (χ1v) is 11.2. The second kappa shape index (κ2) is 9.91. The lowest BCUT2D eigenvalue weighted by Gasteiger charge is -2.35. The lowest BCUT2D eigenvalue weighted by Crippen LogP contribution is -2.51. The van der Waals surface area contributed by atoms with Crippen molar-refractivity contribution in [1.29, 1.82) is 0 Å². The molecule has 176 valence electrons. The van der Waals surface area contributed by atoms with E-state index in [1.165, 1.54) is 24.3 Å². The SMILES string of the molecule is Cc1cc(C)cc(NC(=O)Cn2cccc2C(=O)N2CCN(C(=O)c3ccc(F)cc3)CC2)c1. The summed E-state index contributed by atoms with van der Waals surface area (Å²) in [5.74, 6) is -0.973. The largest absolute Gasteiger partial charge is 0.335 e. The Hall–Kier alpha value is -3.94. The van der Waals surface area contributed by atoms with E-state index in [0.29, 0.717) is 37.4 Å². The Bertz CT molecular complexity index is 1190. The number of piperazine rings is 1. The van der Waals surface area contributed by atoms with E-state index >= 15 is 0 Å². The van der Waals surface area contributed by atoms with Gasteiger partial charge >= 0.3 is 0 Å². The van der Waals surface area contributed by atoms with Crippen LogP contribution in [0.5, 0.6) is 0 Å². The number of carbonyl (C=O) groups excluding carboxylic acids is 3. The fourth-order valence-corrected chi connectivity index (χ4v) is 4.20. The predicted octanol–water partition coefficient (Wildman–Crippen LogP) is 3.48. The molecule has 3 aromatic rings. The number of halogens is 1. The van der Waals surface area contributed by atoms with Gasteiger partial charge in [-0.15, -0.1) is 0 Å². The van der Waals surface area contributed by atoms with Crippen molar-refractivity contribution >= 4 is 23.4 Å². The second-order valence-electron chi connectivity index (χ2n) is 8.54. The van der Waals surface area contributed by atoms with Gasteiger partial charge in [-0.05, 0) is 73.5 Å². The quantitative estimate of drug-likeness (QED) is 0.631. The monoisotopic (exact) mass is 462 g/mol. The van der Waals surface area contributed by atoms with Crippen molar-refractivity contribution in [2.45, 2.75) is 20.4 Å². The van der Waals surface area contributed by atoms with Gasteiger partial charge in [0.2, 0.25) is 5.91 Å². The van der Waals surface area contributed by atoms with Gasteiger partial charge in [-0.1, -0.05) is 6.07 Å². The Morgan fingerprint density at radius 2 is 1.44 bits per heavy atom. The van der Waals surface area contributed by atoms with Gasteiger partial charge in [0, 0.05) is 43.6 Å². The molecule has 1 aliphatic heterocycles. The van der Waals surface area contributed by atoms with Crippen LogP contribution in [0.15, 0.2) is 60.8 Å². The van der Waals surface area contributed by atoms with Crippen molar-refractivity contribution in [1.82, 2.24) is 14.4 Å². The Morgan fingerprint density at radius 1 is 0.853 bits per heavy atom. The summed E-state index contributed by atoms with van der Waals surface area (Å²) in [6.07, 6.45) is 1.71. The third-order valence-electron chi connectivity index (χ3n) is 5.81. The van der Waals surface area contributed by atoms with Crippen LogP contribution in [0, 0.1) is 19.7 Å². The molecule has 34 heavy (non-hydrogen) atoms. The summed E-state index contributed by atoms with van der Waals surface area (Å²) in [4.78, 5) is 41.7. The molecule has 1 N–H and O–H groups in total. The molecule has 1 fully saturated rings. The second-order valence-corrected chi connectivity index (χ2v) is 8.54. The first-order chi connectivity index (χ1) is 16.3. The number of rotatable bonds is 5. The number of amides is 3. The summed E-state index contributed by atoms with van der Waals surface area (Å²) in [5, 5.41) is 2.89. The molecule has 0 spiro atoms. The first-order valence-electron chi connectivity index (χ1n) is 11.2. The minimum absolute atomic E-state index is 0.0179. The van der Waals surface area contributed by atoms with Gasteiger partial charge in [0.1, 0.15) is 18.1 Å². The van der Waals surface area contributed by atoms with Gasteiger partial charge in [-0.3, -0.25) is 14.4 Å². The number of aromatic nitrogens is 1. The number of aryl methyl sites for hydroxylation is 2. The van der Waals surface area contributed by atoms with E-state index in [4.69, 9.17) is 0 Å². The highest BCUT2D eigenvalue weighted by molar-refractivity contribution is 5.96. The highest BCUT2D eigenvalue weighted by atomic mass is 19.1. The van der Waals surface area contributed by atoms with E-state index in [1.54, 1.807) is 32.7 Å². The van der Waals surface area contributed by atoms with Gasteiger partial charge < -0.3 is 19.7 Å². The molecule has 4 rings (SSSR count). The molecule has 0 radical (unpaired) electrons. The smallest absolute Gasteiger partial charge is 0.270 e. The number of carbonyl (C=O) groups is 3. The van der Waals surface area contributed by atoms with Crippen LogP contribution in [-0.4, -0.2) is 58.3 Å². The Labute approximate surface area is 197 Å². The van der Waals surface area contributed by atoms with Gasteiger partial charge in [-0.2, -0.15) is 0 Å². The number of anilines is 1. The van der Waals surface area contributed by atoms with Gasteiger partial charge in [0.25, 0.3) is 11.8 Å². The first kappa shape index (κ1) is 23.2. The minimum atomic E-state index is -0.391. The van der Waals surface area contributed by atoms with E-state index in [1.807, 2.05) is 32.0 Å². The normalized spacial score (nSPS) is 13.6. The molecule has 8 heteroatoms. The molecule has 1 aliphatic rings. The molecule has 0 unspecified atom stereocenters. The zero-order valence-electron chi connectivity index (χ0n) is 19.3. The lowest BCUT2D eigenvalue weighted by molar-refractivity contribution is -0.116. The minimum Gasteiger partial charge on any atom is -0.335 e. The third-order valence-corrected chi connectivity index (χ3v) is 5.81. The average molecular weight is 463 g/mol. The average Bonchev–Trinajstić information content (AvgIpc) is 3.26. The van der Waals surface area contributed by atoms with E-state index in [-0.39, 0.29) is 24.3 Å². The third kappa shape index (κ3) is 5.33. The van der Waals surface area contributed by atoms with Gasteiger partial charge in [0.05, 0.1) is 0 Å². The van der Waals surface area contributed by atoms with Crippen LogP contribution >= 0.6 is 0 Å². The summed E-state index contributed by atoms with van der Waals surface area (Å²) >= 11 is 0. The van der Waals surface area contributed by atoms with Crippen molar-refractivity contribution in [3.05, 3.63) is 89.0 Å². The number of benzene rings is 2. The Morgan fingerprint density at radius 3 is 2.06 bits per heavy atom. The summed E-state index contributed by atoms with van der Waals surface area (Å²) in [6.45, 7) is 5.49.